The number of aryl methyl sites for hydroxylation is 1. The average Bonchev–Trinajstić information content (AvgIpc) is 2.86. The van der Waals surface area contributed by atoms with Crippen LogP contribution in [0.3, 0.4) is 0 Å². The molecule has 1 saturated heterocycles. The van der Waals surface area contributed by atoms with E-state index in [0.29, 0.717) is 5.88 Å². The quantitative estimate of drug-likeness (QED) is 0.840. The van der Waals surface area contributed by atoms with Gasteiger partial charge in [-0.25, -0.2) is 4.98 Å². The zero-order valence-corrected chi connectivity index (χ0v) is 14.4. The molecule has 0 bridgehead atoms. The third-order valence-electron chi connectivity index (χ3n) is 4.74. The molecule has 122 valence electrons. The highest BCUT2D eigenvalue weighted by molar-refractivity contribution is 5.52. The molecule has 0 atom stereocenters. The van der Waals surface area contributed by atoms with Crippen molar-refractivity contribution in [3.8, 4) is 5.88 Å². The van der Waals surface area contributed by atoms with Crippen molar-refractivity contribution < 1.29 is 9.47 Å². The van der Waals surface area contributed by atoms with Crippen LogP contribution in [0.5, 0.6) is 5.88 Å². The second-order valence-corrected chi connectivity index (χ2v) is 7.34. The summed E-state index contributed by atoms with van der Waals surface area (Å²) in [6, 6.07) is 0. The first-order valence-electron chi connectivity index (χ1n) is 8.19. The molecule has 1 spiro atoms. The van der Waals surface area contributed by atoms with E-state index in [1.807, 2.05) is 13.8 Å². The number of rotatable bonds is 2. The van der Waals surface area contributed by atoms with Crippen LogP contribution in [0.25, 0.3) is 0 Å². The molecular formula is C17H27N3O2. The largest absolute Gasteiger partial charge is 0.481 e. The van der Waals surface area contributed by atoms with Crippen molar-refractivity contribution in [1.82, 2.24) is 9.97 Å². The molecule has 5 heteroatoms. The Hall–Kier alpha value is -1.36. The van der Waals surface area contributed by atoms with Gasteiger partial charge in [-0.15, -0.1) is 0 Å². The Bertz CT molecular complexity index is 565. The van der Waals surface area contributed by atoms with Gasteiger partial charge >= 0.3 is 0 Å². The summed E-state index contributed by atoms with van der Waals surface area (Å²) in [6.07, 6.45) is 4.81. The van der Waals surface area contributed by atoms with E-state index in [9.17, 15) is 0 Å². The SMILES string of the molecule is COc1nc(C)nc(N2CC(C)(C)OC3(CCCC3)C2)c1C. The van der Waals surface area contributed by atoms with Crippen molar-refractivity contribution in [3.05, 3.63) is 11.4 Å². The number of nitrogens with zero attached hydrogens (tertiary/aromatic N) is 3. The third kappa shape index (κ3) is 2.78. The van der Waals surface area contributed by atoms with Crippen LogP contribution in [0.15, 0.2) is 0 Å². The lowest BCUT2D eigenvalue weighted by Gasteiger charge is -2.49. The first-order valence-corrected chi connectivity index (χ1v) is 8.19. The fourth-order valence-corrected chi connectivity index (χ4v) is 4.04. The number of aromatic nitrogens is 2. The average molecular weight is 305 g/mol. The maximum atomic E-state index is 6.48. The van der Waals surface area contributed by atoms with Crippen molar-refractivity contribution >= 4 is 5.82 Å². The molecule has 2 aliphatic rings. The lowest BCUT2D eigenvalue weighted by atomic mass is 9.94. The van der Waals surface area contributed by atoms with Crippen molar-refractivity contribution in [2.24, 2.45) is 0 Å². The summed E-state index contributed by atoms with van der Waals surface area (Å²) in [5.41, 5.74) is 0.834. The van der Waals surface area contributed by atoms with Crippen LogP contribution < -0.4 is 9.64 Å². The highest BCUT2D eigenvalue weighted by Crippen LogP contribution is 2.42. The Morgan fingerprint density at radius 2 is 1.77 bits per heavy atom. The molecule has 1 saturated carbocycles. The number of hydrogen-bond acceptors (Lipinski definition) is 5. The van der Waals surface area contributed by atoms with Gasteiger partial charge < -0.3 is 14.4 Å². The van der Waals surface area contributed by atoms with Crippen LogP contribution in [0.2, 0.25) is 0 Å². The molecule has 5 nitrogen and oxygen atoms in total. The molecule has 0 amide bonds. The summed E-state index contributed by atoms with van der Waals surface area (Å²) in [7, 11) is 1.67. The molecule has 1 aromatic heterocycles. The summed E-state index contributed by atoms with van der Waals surface area (Å²) in [6.45, 7) is 10.1. The monoisotopic (exact) mass is 305 g/mol. The minimum atomic E-state index is -0.166. The van der Waals surface area contributed by atoms with E-state index in [1.54, 1.807) is 7.11 Å². The van der Waals surface area contributed by atoms with E-state index in [1.165, 1.54) is 12.8 Å². The predicted molar refractivity (Wildman–Crippen MR) is 86.6 cm³/mol. The number of hydrogen-bond donors (Lipinski definition) is 0. The highest BCUT2D eigenvalue weighted by atomic mass is 16.5. The van der Waals surface area contributed by atoms with Gasteiger partial charge in [0, 0.05) is 13.1 Å². The zero-order chi connectivity index (χ0) is 16.0. The Labute approximate surface area is 133 Å². The molecule has 0 aromatic carbocycles. The summed E-state index contributed by atoms with van der Waals surface area (Å²) in [4.78, 5) is 11.5. The van der Waals surface area contributed by atoms with Gasteiger partial charge in [-0.05, 0) is 40.5 Å². The minimum absolute atomic E-state index is 0.0136. The van der Waals surface area contributed by atoms with Gasteiger partial charge in [0.1, 0.15) is 11.6 Å². The Balaban J connectivity index is 1.98. The molecule has 0 unspecified atom stereocenters. The van der Waals surface area contributed by atoms with Gasteiger partial charge in [-0.3, -0.25) is 0 Å². The fraction of sp³-hybridized carbons (Fsp3) is 0.765. The van der Waals surface area contributed by atoms with E-state index in [4.69, 9.17) is 14.5 Å². The molecule has 1 aliphatic carbocycles. The Kier molecular flexibility index (Phi) is 3.79. The summed E-state index contributed by atoms with van der Waals surface area (Å²) < 4.78 is 11.9. The van der Waals surface area contributed by atoms with Crippen LogP contribution >= 0.6 is 0 Å². The van der Waals surface area contributed by atoms with E-state index >= 15 is 0 Å². The van der Waals surface area contributed by atoms with Crippen LogP contribution in [-0.4, -0.2) is 41.4 Å². The van der Waals surface area contributed by atoms with E-state index in [2.05, 4.69) is 23.7 Å². The van der Waals surface area contributed by atoms with Crippen molar-refractivity contribution in [2.45, 2.75) is 64.6 Å². The number of morpholine rings is 1. The van der Waals surface area contributed by atoms with Gasteiger partial charge in [0.05, 0.1) is 23.9 Å². The van der Waals surface area contributed by atoms with Crippen LogP contribution in [0, 0.1) is 13.8 Å². The maximum absolute atomic E-state index is 6.48. The minimum Gasteiger partial charge on any atom is -0.481 e. The van der Waals surface area contributed by atoms with Gasteiger partial charge in [0.15, 0.2) is 0 Å². The third-order valence-corrected chi connectivity index (χ3v) is 4.74. The molecule has 3 rings (SSSR count). The zero-order valence-electron chi connectivity index (χ0n) is 14.4. The molecule has 1 aliphatic heterocycles. The Morgan fingerprint density at radius 3 is 2.41 bits per heavy atom. The second kappa shape index (κ2) is 5.37. The van der Waals surface area contributed by atoms with Crippen molar-refractivity contribution in [3.63, 3.8) is 0 Å². The summed E-state index contributed by atoms with van der Waals surface area (Å²) in [5.74, 6) is 2.42. The number of ether oxygens (including phenoxy) is 2. The van der Waals surface area contributed by atoms with E-state index in [-0.39, 0.29) is 11.2 Å². The highest BCUT2D eigenvalue weighted by Gasteiger charge is 2.46. The molecule has 2 fully saturated rings. The molecule has 0 N–H and O–H groups in total. The molecular weight excluding hydrogens is 278 g/mol. The number of methoxy groups -OCH3 is 1. The lowest BCUT2D eigenvalue weighted by Crippen LogP contribution is -2.59. The van der Waals surface area contributed by atoms with Crippen LogP contribution in [0.4, 0.5) is 5.82 Å². The molecule has 22 heavy (non-hydrogen) atoms. The first-order chi connectivity index (χ1) is 10.3. The van der Waals surface area contributed by atoms with Crippen LogP contribution in [-0.2, 0) is 4.74 Å². The normalized spacial score (nSPS) is 23.0. The summed E-state index contributed by atoms with van der Waals surface area (Å²) >= 11 is 0. The van der Waals surface area contributed by atoms with Crippen molar-refractivity contribution in [2.75, 3.05) is 25.1 Å². The maximum Gasteiger partial charge on any atom is 0.221 e. The van der Waals surface area contributed by atoms with Gasteiger partial charge in [0.25, 0.3) is 0 Å². The predicted octanol–water partition coefficient (Wildman–Crippen LogP) is 3.03. The summed E-state index contributed by atoms with van der Waals surface area (Å²) in [5, 5.41) is 0. The van der Waals surface area contributed by atoms with Gasteiger partial charge in [-0.2, -0.15) is 4.98 Å². The smallest absolute Gasteiger partial charge is 0.221 e. The molecule has 1 aromatic rings. The Morgan fingerprint density at radius 1 is 1.09 bits per heavy atom. The topological polar surface area (TPSA) is 47.5 Å². The van der Waals surface area contributed by atoms with Gasteiger partial charge in [-0.1, -0.05) is 12.8 Å². The molecule has 0 radical (unpaired) electrons. The molecule has 2 heterocycles. The lowest BCUT2D eigenvalue weighted by molar-refractivity contribution is -0.148. The van der Waals surface area contributed by atoms with Gasteiger partial charge in [0.2, 0.25) is 5.88 Å². The van der Waals surface area contributed by atoms with Crippen LogP contribution in [0.1, 0.15) is 50.9 Å². The first kappa shape index (κ1) is 15.5. The second-order valence-electron chi connectivity index (χ2n) is 7.34. The van der Waals surface area contributed by atoms with E-state index < -0.39 is 0 Å². The fourth-order valence-electron chi connectivity index (χ4n) is 4.04. The standard InChI is InChI=1S/C17H27N3O2/c1-12-14(18-13(2)19-15(12)21-5)20-10-16(3,4)22-17(11-20)8-6-7-9-17/h6-11H2,1-5H3. The van der Waals surface area contributed by atoms with E-state index in [0.717, 1.165) is 43.1 Å². The van der Waals surface area contributed by atoms with Crippen molar-refractivity contribution in [1.29, 1.82) is 0 Å². The number of anilines is 1.